The summed E-state index contributed by atoms with van der Waals surface area (Å²) in [6.45, 7) is 4.38. The highest BCUT2D eigenvalue weighted by Crippen LogP contribution is 2.07. The standard InChI is InChI=1S/C18H25N3O3/c1-3-4-5-8-13(2)19-16(22)11-12-21-15-10-7-6-9-14(15)17(23)20-18(21)24/h6-7,9-10,13H,3-5,8,11-12H2,1-2H3,(H,19,22)(H,20,23,24). The summed E-state index contributed by atoms with van der Waals surface area (Å²) in [7, 11) is 0. The fraction of sp³-hybridized carbons (Fsp3) is 0.500. The molecule has 1 aromatic carbocycles. The average molecular weight is 331 g/mol. The van der Waals surface area contributed by atoms with Gasteiger partial charge in [-0.05, 0) is 25.5 Å². The van der Waals surface area contributed by atoms with Crippen LogP contribution in [0.1, 0.15) is 46.0 Å². The lowest BCUT2D eigenvalue weighted by molar-refractivity contribution is -0.121. The van der Waals surface area contributed by atoms with E-state index in [1.807, 2.05) is 6.92 Å². The van der Waals surface area contributed by atoms with Gasteiger partial charge in [0.05, 0.1) is 10.9 Å². The molecule has 6 nitrogen and oxygen atoms in total. The summed E-state index contributed by atoms with van der Waals surface area (Å²) in [4.78, 5) is 38.2. The lowest BCUT2D eigenvalue weighted by Gasteiger charge is -2.14. The van der Waals surface area contributed by atoms with E-state index < -0.39 is 11.2 Å². The number of fused-ring (bicyclic) bond motifs is 1. The van der Waals surface area contributed by atoms with Crippen LogP contribution in [0, 0.1) is 0 Å². The Kier molecular flexibility index (Phi) is 6.35. The minimum absolute atomic E-state index is 0.0822. The van der Waals surface area contributed by atoms with Gasteiger partial charge in [-0.1, -0.05) is 38.3 Å². The number of H-pyrrole nitrogens is 1. The Morgan fingerprint density at radius 3 is 2.75 bits per heavy atom. The zero-order valence-electron chi connectivity index (χ0n) is 14.3. The summed E-state index contributed by atoms with van der Waals surface area (Å²) in [5.41, 5.74) is -0.335. The van der Waals surface area contributed by atoms with Crippen molar-refractivity contribution < 1.29 is 4.79 Å². The van der Waals surface area contributed by atoms with Gasteiger partial charge in [-0.2, -0.15) is 0 Å². The number of nitrogens with one attached hydrogen (secondary N) is 2. The fourth-order valence-electron chi connectivity index (χ4n) is 2.80. The molecule has 0 spiro atoms. The number of benzene rings is 1. The van der Waals surface area contributed by atoms with E-state index in [2.05, 4.69) is 17.2 Å². The van der Waals surface area contributed by atoms with Crippen molar-refractivity contribution in [3.8, 4) is 0 Å². The normalized spacial score (nSPS) is 12.2. The molecule has 0 fully saturated rings. The number of aromatic amines is 1. The van der Waals surface area contributed by atoms with Gasteiger partial charge in [0, 0.05) is 19.0 Å². The Hall–Kier alpha value is -2.37. The van der Waals surface area contributed by atoms with Gasteiger partial charge in [-0.25, -0.2) is 4.79 Å². The molecule has 2 rings (SSSR count). The third-order valence-electron chi connectivity index (χ3n) is 4.12. The Morgan fingerprint density at radius 2 is 2.00 bits per heavy atom. The number of unbranched alkanes of at least 4 members (excludes halogenated alkanes) is 2. The molecule has 0 aliphatic rings. The van der Waals surface area contributed by atoms with E-state index in [9.17, 15) is 14.4 Å². The molecular formula is C18H25N3O3. The summed E-state index contributed by atoms with van der Waals surface area (Å²) in [6, 6.07) is 7.04. The van der Waals surface area contributed by atoms with Crippen LogP contribution in [0.15, 0.2) is 33.9 Å². The summed E-state index contributed by atoms with van der Waals surface area (Å²) in [5.74, 6) is -0.0822. The van der Waals surface area contributed by atoms with Crippen molar-refractivity contribution in [3.63, 3.8) is 0 Å². The number of amides is 1. The highest BCUT2D eigenvalue weighted by Gasteiger charge is 2.10. The lowest BCUT2D eigenvalue weighted by Crippen LogP contribution is -2.35. The number of nitrogens with zero attached hydrogens (tertiary/aromatic N) is 1. The molecule has 24 heavy (non-hydrogen) atoms. The third-order valence-corrected chi connectivity index (χ3v) is 4.12. The quantitative estimate of drug-likeness (QED) is 0.727. The summed E-state index contributed by atoms with van der Waals surface area (Å²) < 4.78 is 1.44. The van der Waals surface area contributed by atoms with Crippen molar-refractivity contribution in [2.24, 2.45) is 0 Å². The van der Waals surface area contributed by atoms with Gasteiger partial charge in [-0.3, -0.25) is 19.1 Å². The van der Waals surface area contributed by atoms with Gasteiger partial charge < -0.3 is 5.32 Å². The number of carbonyl (C=O) groups excluding carboxylic acids is 1. The van der Waals surface area contributed by atoms with E-state index in [-0.39, 0.29) is 24.9 Å². The Balaban J connectivity index is 2.02. The van der Waals surface area contributed by atoms with Gasteiger partial charge in [0.25, 0.3) is 5.56 Å². The maximum absolute atomic E-state index is 12.1. The molecular weight excluding hydrogens is 306 g/mol. The van der Waals surface area contributed by atoms with Gasteiger partial charge in [-0.15, -0.1) is 0 Å². The second kappa shape index (κ2) is 8.47. The van der Waals surface area contributed by atoms with E-state index in [0.717, 1.165) is 19.3 Å². The number of rotatable bonds is 8. The first kappa shape index (κ1) is 18.0. The summed E-state index contributed by atoms with van der Waals surface area (Å²) in [6.07, 6.45) is 4.58. The monoisotopic (exact) mass is 331 g/mol. The van der Waals surface area contributed by atoms with E-state index in [1.165, 1.54) is 11.0 Å². The molecule has 0 saturated heterocycles. The minimum atomic E-state index is -0.484. The number of hydrogen-bond acceptors (Lipinski definition) is 3. The number of aryl methyl sites for hydroxylation is 1. The first-order chi connectivity index (χ1) is 11.5. The molecule has 1 amide bonds. The summed E-state index contributed by atoms with van der Waals surface area (Å²) >= 11 is 0. The predicted molar refractivity (Wildman–Crippen MR) is 95.2 cm³/mol. The van der Waals surface area contributed by atoms with Gasteiger partial charge >= 0.3 is 5.69 Å². The molecule has 0 radical (unpaired) electrons. The van der Waals surface area contributed by atoms with Gasteiger partial charge in [0.2, 0.25) is 5.91 Å². The number of hydrogen-bond donors (Lipinski definition) is 2. The first-order valence-corrected chi connectivity index (χ1v) is 8.54. The van der Waals surface area contributed by atoms with Gasteiger partial charge in [0.1, 0.15) is 0 Å². The minimum Gasteiger partial charge on any atom is -0.354 e. The van der Waals surface area contributed by atoms with Crippen LogP contribution in [-0.4, -0.2) is 21.5 Å². The van der Waals surface area contributed by atoms with E-state index >= 15 is 0 Å². The van der Waals surface area contributed by atoms with E-state index in [1.54, 1.807) is 24.3 Å². The third kappa shape index (κ3) is 4.57. The van der Waals surface area contributed by atoms with Crippen molar-refractivity contribution in [2.45, 2.75) is 58.5 Å². The van der Waals surface area contributed by atoms with Crippen molar-refractivity contribution in [2.75, 3.05) is 0 Å². The van der Waals surface area contributed by atoms with Gasteiger partial charge in [0.15, 0.2) is 0 Å². The molecule has 0 bridgehead atoms. The molecule has 1 unspecified atom stereocenters. The predicted octanol–water partition coefficient (Wildman–Crippen LogP) is 2.16. The molecule has 130 valence electrons. The Bertz CT molecular complexity index is 807. The Morgan fingerprint density at radius 1 is 1.25 bits per heavy atom. The van der Waals surface area contributed by atoms with Crippen LogP contribution in [0.4, 0.5) is 0 Å². The molecule has 2 aromatic rings. The van der Waals surface area contributed by atoms with Crippen LogP contribution in [0.3, 0.4) is 0 Å². The van der Waals surface area contributed by atoms with Crippen LogP contribution in [-0.2, 0) is 11.3 Å². The largest absolute Gasteiger partial charge is 0.354 e. The topological polar surface area (TPSA) is 84.0 Å². The molecule has 0 saturated carbocycles. The van der Waals surface area contributed by atoms with Crippen LogP contribution < -0.4 is 16.6 Å². The molecule has 1 heterocycles. The number of carbonyl (C=O) groups is 1. The van der Waals surface area contributed by atoms with Crippen LogP contribution >= 0.6 is 0 Å². The SMILES string of the molecule is CCCCCC(C)NC(=O)CCn1c(=O)[nH]c(=O)c2ccccc21. The highest BCUT2D eigenvalue weighted by atomic mass is 16.2. The van der Waals surface area contributed by atoms with Crippen LogP contribution in [0.25, 0.3) is 10.9 Å². The van der Waals surface area contributed by atoms with Crippen molar-refractivity contribution in [1.82, 2.24) is 14.9 Å². The number of aromatic nitrogens is 2. The van der Waals surface area contributed by atoms with Crippen molar-refractivity contribution in [3.05, 3.63) is 45.1 Å². The van der Waals surface area contributed by atoms with Crippen LogP contribution in [0.5, 0.6) is 0 Å². The fourth-order valence-corrected chi connectivity index (χ4v) is 2.80. The molecule has 2 N–H and O–H groups in total. The lowest BCUT2D eigenvalue weighted by atomic mass is 10.1. The maximum Gasteiger partial charge on any atom is 0.328 e. The number of para-hydroxylation sites is 1. The van der Waals surface area contributed by atoms with E-state index in [4.69, 9.17) is 0 Å². The molecule has 6 heteroatoms. The average Bonchev–Trinajstić information content (AvgIpc) is 2.55. The summed E-state index contributed by atoms with van der Waals surface area (Å²) in [5, 5.41) is 3.41. The van der Waals surface area contributed by atoms with Crippen LogP contribution in [0.2, 0.25) is 0 Å². The van der Waals surface area contributed by atoms with Crippen molar-refractivity contribution in [1.29, 1.82) is 0 Å². The molecule has 0 aliphatic heterocycles. The first-order valence-electron chi connectivity index (χ1n) is 8.54. The van der Waals surface area contributed by atoms with Crippen molar-refractivity contribution >= 4 is 16.8 Å². The molecule has 1 atom stereocenters. The zero-order chi connectivity index (χ0) is 17.5. The molecule has 0 aliphatic carbocycles. The second-order valence-corrected chi connectivity index (χ2v) is 6.14. The second-order valence-electron chi connectivity index (χ2n) is 6.14. The Labute approximate surface area is 140 Å². The maximum atomic E-state index is 12.1. The van der Waals surface area contributed by atoms with E-state index in [0.29, 0.717) is 10.9 Å². The smallest absolute Gasteiger partial charge is 0.328 e. The highest BCUT2D eigenvalue weighted by molar-refractivity contribution is 5.78. The zero-order valence-corrected chi connectivity index (χ0v) is 14.3. The molecule has 1 aromatic heterocycles.